The Balaban J connectivity index is 1.61. The summed E-state index contributed by atoms with van der Waals surface area (Å²) in [5, 5.41) is 10.3. The number of para-hydroxylation sites is 1. The van der Waals surface area contributed by atoms with E-state index in [1.807, 2.05) is 17.4 Å². The molecule has 0 bridgehead atoms. The molecule has 2 aromatic heterocycles. The van der Waals surface area contributed by atoms with Crippen LogP contribution in [-0.2, 0) is 0 Å². The molecular formula is C39H27NS. The zero-order valence-corrected chi connectivity index (χ0v) is 23.6. The third kappa shape index (κ3) is 3.48. The Morgan fingerprint density at radius 2 is 1.41 bits per heavy atom. The molecule has 2 heterocycles. The van der Waals surface area contributed by atoms with E-state index in [1.165, 1.54) is 74.6 Å². The number of hydrogen-bond acceptors (Lipinski definition) is 1. The zero-order chi connectivity index (χ0) is 27.5. The van der Waals surface area contributed by atoms with Crippen molar-refractivity contribution >= 4 is 80.6 Å². The predicted octanol–water partition coefficient (Wildman–Crippen LogP) is 11.7. The average molecular weight is 542 g/mol. The molecule has 0 N–H and O–H groups in total. The highest BCUT2D eigenvalue weighted by molar-refractivity contribution is 7.27. The fourth-order valence-electron chi connectivity index (χ4n) is 6.54. The van der Waals surface area contributed by atoms with Gasteiger partial charge < -0.3 is 4.57 Å². The summed E-state index contributed by atoms with van der Waals surface area (Å²) in [5.74, 6) is 0. The maximum Gasteiger partial charge on any atom is 0.0640 e. The molecule has 0 saturated carbocycles. The first-order chi connectivity index (χ1) is 20.3. The summed E-state index contributed by atoms with van der Waals surface area (Å²) < 4.78 is 5.10. The highest BCUT2D eigenvalue weighted by atomic mass is 32.1. The molecule has 0 aliphatic heterocycles. The van der Waals surface area contributed by atoms with Crippen molar-refractivity contribution in [3.8, 4) is 11.1 Å². The van der Waals surface area contributed by atoms with Crippen LogP contribution >= 0.6 is 11.3 Å². The smallest absolute Gasteiger partial charge is 0.0640 e. The first-order valence-corrected chi connectivity index (χ1v) is 14.8. The minimum Gasteiger partial charge on any atom is -0.309 e. The average Bonchev–Trinajstić information content (AvgIpc) is 3.57. The van der Waals surface area contributed by atoms with Crippen LogP contribution in [0, 0.1) is 0 Å². The molecule has 1 nitrogen and oxygen atoms in total. The lowest BCUT2D eigenvalue weighted by Gasteiger charge is -2.11. The van der Waals surface area contributed by atoms with Gasteiger partial charge in [-0.2, -0.15) is 0 Å². The van der Waals surface area contributed by atoms with E-state index in [1.54, 1.807) is 0 Å². The number of hydrogen-bond donors (Lipinski definition) is 0. The number of aromatic nitrogens is 1. The number of nitrogens with zero attached hydrogens (tertiary/aromatic N) is 1. The lowest BCUT2D eigenvalue weighted by molar-refractivity contribution is 1.24. The Morgan fingerprint density at radius 3 is 2.24 bits per heavy atom. The molecule has 0 atom stereocenters. The van der Waals surface area contributed by atoms with E-state index >= 15 is 0 Å². The SMILES string of the molecule is C=C/C=C(\C=C/C)n1c2ccccc2c2c3ccccc3c3sc4c(-c5ccc6ccccc6c5)cccc4c3c21. The van der Waals surface area contributed by atoms with Crippen LogP contribution in [-0.4, -0.2) is 4.57 Å². The predicted molar refractivity (Wildman–Crippen MR) is 182 cm³/mol. The maximum atomic E-state index is 4.05. The second-order valence-corrected chi connectivity index (χ2v) is 11.5. The molecule has 0 amide bonds. The van der Waals surface area contributed by atoms with Gasteiger partial charge in [-0.15, -0.1) is 11.3 Å². The Bertz CT molecular complexity index is 2390. The summed E-state index contributed by atoms with van der Waals surface area (Å²) in [7, 11) is 0. The number of fused-ring (bicyclic) bond motifs is 11. The fourth-order valence-corrected chi connectivity index (χ4v) is 7.92. The molecule has 0 radical (unpaired) electrons. The Hall–Kier alpha value is -4.92. The summed E-state index contributed by atoms with van der Waals surface area (Å²) >= 11 is 1.92. The van der Waals surface area contributed by atoms with Crippen molar-refractivity contribution in [3.63, 3.8) is 0 Å². The van der Waals surface area contributed by atoms with Crippen LogP contribution in [0.1, 0.15) is 6.92 Å². The van der Waals surface area contributed by atoms with Crippen LogP contribution in [0.5, 0.6) is 0 Å². The second kappa shape index (κ2) is 9.33. The topological polar surface area (TPSA) is 4.93 Å². The molecule has 0 unspecified atom stereocenters. The van der Waals surface area contributed by atoms with Gasteiger partial charge in [-0.1, -0.05) is 116 Å². The van der Waals surface area contributed by atoms with E-state index < -0.39 is 0 Å². The van der Waals surface area contributed by atoms with Gasteiger partial charge in [-0.25, -0.2) is 0 Å². The van der Waals surface area contributed by atoms with Crippen molar-refractivity contribution in [2.45, 2.75) is 6.92 Å². The minimum atomic E-state index is 1.11. The molecule has 0 fully saturated rings. The highest BCUT2D eigenvalue weighted by Crippen LogP contribution is 2.49. The van der Waals surface area contributed by atoms with Crippen LogP contribution in [0.2, 0.25) is 0 Å². The number of benzene rings is 6. The van der Waals surface area contributed by atoms with Gasteiger partial charge in [0.15, 0.2) is 0 Å². The minimum absolute atomic E-state index is 1.11. The molecule has 8 rings (SSSR count). The number of rotatable bonds is 4. The lowest BCUT2D eigenvalue weighted by Crippen LogP contribution is -1.95. The summed E-state index contributed by atoms with van der Waals surface area (Å²) in [6.45, 7) is 6.13. The largest absolute Gasteiger partial charge is 0.309 e. The molecular weight excluding hydrogens is 515 g/mol. The monoisotopic (exact) mass is 541 g/mol. The van der Waals surface area contributed by atoms with Gasteiger partial charge >= 0.3 is 0 Å². The number of allylic oxidation sites excluding steroid dienone is 5. The van der Waals surface area contributed by atoms with Crippen molar-refractivity contribution < 1.29 is 0 Å². The van der Waals surface area contributed by atoms with Gasteiger partial charge in [-0.05, 0) is 58.5 Å². The summed E-state index contributed by atoms with van der Waals surface area (Å²) in [5.41, 5.74) is 6.10. The second-order valence-electron chi connectivity index (χ2n) is 10.5. The molecule has 0 saturated heterocycles. The van der Waals surface area contributed by atoms with Crippen LogP contribution in [0.3, 0.4) is 0 Å². The molecule has 0 aliphatic rings. The van der Waals surface area contributed by atoms with Crippen LogP contribution < -0.4 is 0 Å². The maximum absolute atomic E-state index is 4.05. The van der Waals surface area contributed by atoms with Crippen LogP contribution in [0.25, 0.3) is 80.3 Å². The summed E-state index contributed by atoms with van der Waals surface area (Å²) in [6.07, 6.45) is 8.29. The molecule has 2 heteroatoms. The molecule has 6 aromatic carbocycles. The molecule has 0 spiro atoms. The fraction of sp³-hybridized carbons (Fsp3) is 0.0256. The first-order valence-electron chi connectivity index (χ1n) is 14.0. The Labute approximate surface area is 242 Å². The van der Waals surface area contributed by atoms with E-state index in [2.05, 4.69) is 145 Å². The summed E-state index contributed by atoms with van der Waals surface area (Å²) in [6, 6.07) is 40.0. The Kier molecular flexibility index (Phi) is 5.44. The van der Waals surface area contributed by atoms with Crippen molar-refractivity contribution in [3.05, 3.63) is 140 Å². The molecule has 8 aromatic rings. The van der Waals surface area contributed by atoms with Gasteiger partial charge in [0.2, 0.25) is 0 Å². The van der Waals surface area contributed by atoms with Crippen LogP contribution in [0.4, 0.5) is 0 Å². The lowest BCUT2D eigenvalue weighted by atomic mass is 9.97. The van der Waals surface area contributed by atoms with Crippen molar-refractivity contribution in [2.24, 2.45) is 0 Å². The van der Waals surface area contributed by atoms with Gasteiger partial charge in [-0.3, -0.25) is 0 Å². The van der Waals surface area contributed by atoms with E-state index in [0.717, 1.165) is 5.70 Å². The van der Waals surface area contributed by atoms with E-state index in [9.17, 15) is 0 Å². The molecule has 41 heavy (non-hydrogen) atoms. The van der Waals surface area contributed by atoms with Crippen molar-refractivity contribution in [2.75, 3.05) is 0 Å². The summed E-state index contributed by atoms with van der Waals surface area (Å²) in [4.78, 5) is 0. The van der Waals surface area contributed by atoms with Crippen molar-refractivity contribution in [1.82, 2.24) is 4.57 Å². The van der Waals surface area contributed by atoms with Crippen molar-refractivity contribution in [1.29, 1.82) is 0 Å². The standard InChI is InChI=1S/C39H27NS/c1-3-12-28(13-4-2)40-34-21-10-9-18-32(34)35-30-16-7-8-17-31(30)39-36(37(35)40)33-20-11-19-29(38(33)41-39)27-23-22-25-14-5-6-15-26(25)24-27/h3-24H,1H2,2H3/b13-4-,28-12+. The highest BCUT2D eigenvalue weighted by Gasteiger charge is 2.22. The van der Waals surface area contributed by atoms with Gasteiger partial charge in [0.05, 0.1) is 11.0 Å². The third-order valence-electron chi connectivity index (χ3n) is 8.21. The quantitative estimate of drug-likeness (QED) is 0.195. The normalized spacial score (nSPS) is 12.7. The van der Waals surface area contributed by atoms with Gasteiger partial charge in [0.25, 0.3) is 0 Å². The van der Waals surface area contributed by atoms with Gasteiger partial charge in [0, 0.05) is 42.0 Å². The third-order valence-corrected chi connectivity index (χ3v) is 9.48. The van der Waals surface area contributed by atoms with E-state index in [4.69, 9.17) is 0 Å². The number of thiophene rings is 1. The first kappa shape index (κ1) is 23.9. The zero-order valence-electron chi connectivity index (χ0n) is 22.8. The van der Waals surface area contributed by atoms with E-state index in [-0.39, 0.29) is 0 Å². The molecule has 0 aliphatic carbocycles. The van der Waals surface area contributed by atoms with E-state index in [0.29, 0.717) is 0 Å². The Morgan fingerprint density at radius 1 is 0.683 bits per heavy atom. The van der Waals surface area contributed by atoms with Gasteiger partial charge in [0.1, 0.15) is 0 Å². The molecule has 194 valence electrons. The van der Waals surface area contributed by atoms with Crippen LogP contribution in [0.15, 0.2) is 140 Å².